The summed E-state index contributed by atoms with van der Waals surface area (Å²) in [7, 11) is 3.40. The van der Waals surface area contributed by atoms with Gasteiger partial charge in [0.15, 0.2) is 11.5 Å². The first-order valence-corrected chi connectivity index (χ1v) is 12.6. The second-order valence-electron chi connectivity index (χ2n) is 9.76. The second kappa shape index (κ2) is 10.4. The monoisotopic (exact) mass is 465 g/mol. The third kappa shape index (κ3) is 4.93. The Morgan fingerprint density at radius 2 is 1.62 bits per heavy atom. The number of nitrogens with zero attached hydrogens (tertiary/aromatic N) is 2. The van der Waals surface area contributed by atoms with Crippen molar-refractivity contribution in [2.45, 2.75) is 44.6 Å². The molecule has 0 unspecified atom stereocenters. The van der Waals surface area contributed by atoms with Crippen LogP contribution in [0.1, 0.15) is 48.3 Å². The van der Waals surface area contributed by atoms with Crippen molar-refractivity contribution in [1.29, 1.82) is 0 Å². The maximum atomic E-state index is 13.7. The molecular formula is C28H36FN3O2. The van der Waals surface area contributed by atoms with E-state index in [0.717, 1.165) is 74.4 Å². The van der Waals surface area contributed by atoms with Gasteiger partial charge in [0.05, 0.1) is 14.2 Å². The van der Waals surface area contributed by atoms with Crippen LogP contribution in [0.15, 0.2) is 36.5 Å². The summed E-state index contributed by atoms with van der Waals surface area (Å²) < 4.78 is 24.7. The number of benzene rings is 2. The number of aromatic nitrogens is 1. The van der Waals surface area contributed by atoms with E-state index in [0.29, 0.717) is 5.92 Å². The molecule has 2 aromatic carbocycles. The van der Waals surface area contributed by atoms with Gasteiger partial charge in [-0.15, -0.1) is 0 Å². The summed E-state index contributed by atoms with van der Waals surface area (Å²) in [5, 5.41) is 1.05. The maximum Gasteiger partial charge on any atom is 0.161 e. The summed E-state index contributed by atoms with van der Waals surface area (Å²) in [6.07, 6.45) is 7.92. The molecule has 0 atom stereocenters. The van der Waals surface area contributed by atoms with Crippen molar-refractivity contribution in [2.24, 2.45) is 0 Å². The molecule has 5 rings (SSSR count). The molecule has 182 valence electrons. The molecular weight excluding hydrogens is 429 g/mol. The van der Waals surface area contributed by atoms with Gasteiger partial charge in [-0.3, -0.25) is 4.90 Å². The van der Waals surface area contributed by atoms with Crippen molar-refractivity contribution in [1.82, 2.24) is 14.8 Å². The number of ether oxygens (including phenoxy) is 2. The van der Waals surface area contributed by atoms with Crippen molar-refractivity contribution >= 4 is 10.9 Å². The number of aromatic amines is 1. The SMILES string of the molecule is COc1cc2c(cc1OC)CN(CCCCN1CCC(c3c[nH]c4ccc(F)cc34)CC1)CC2. The molecule has 1 aromatic heterocycles. The zero-order valence-electron chi connectivity index (χ0n) is 20.4. The van der Waals surface area contributed by atoms with Gasteiger partial charge in [-0.1, -0.05) is 0 Å². The average molecular weight is 466 g/mol. The lowest BCUT2D eigenvalue weighted by Gasteiger charge is -2.32. The fourth-order valence-corrected chi connectivity index (χ4v) is 5.72. The van der Waals surface area contributed by atoms with E-state index in [1.165, 1.54) is 42.1 Å². The van der Waals surface area contributed by atoms with E-state index in [-0.39, 0.29) is 5.82 Å². The minimum atomic E-state index is -0.151. The number of nitrogens with one attached hydrogen (secondary N) is 1. The van der Waals surface area contributed by atoms with Crippen LogP contribution in [0.2, 0.25) is 0 Å². The van der Waals surface area contributed by atoms with E-state index >= 15 is 0 Å². The van der Waals surface area contributed by atoms with E-state index in [4.69, 9.17) is 9.47 Å². The van der Waals surface area contributed by atoms with Crippen molar-refractivity contribution in [2.75, 3.05) is 46.9 Å². The number of H-pyrrole nitrogens is 1. The first-order valence-electron chi connectivity index (χ1n) is 12.6. The van der Waals surface area contributed by atoms with E-state index < -0.39 is 0 Å². The van der Waals surface area contributed by atoms with Crippen LogP contribution >= 0.6 is 0 Å². The van der Waals surface area contributed by atoms with Crippen LogP contribution in [0.25, 0.3) is 10.9 Å². The Kier molecular flexibility index (Phi) is 7.07. The lowest BCUT2D eigenvalue weighted by atomic mass is 9.89. The number of hydrogen-bond acceptors (Lipinski definition) is 4. The molecule has 0 aliphatic carbocycles. The predicted molar refractivity (Wildman–Crippen MR) is 134 cm³/mol. The van der Waals surface area contributed by atoms with Crippen molar-refractivity contribution < 1.29 is 13.9 Å². The van der Waals surface area contributed by atoms with Crippen LogP contribution in [0.4, 0.5) is 4.39 Å². The van der Waals surface area contributed by atoms with Gasteiger partial charge in [-0.25, -0.2) is 4.39 Å². The molecule has 6 heteroatoms. The molecule has 1 saturated heterocycles. The predicted octanol–water partition coefficient (Wildman–Crippen LogP) is 5.34. The van der Waals surface area contributed by atoms with Crippen molar-refractivity contribution in [3.63, 3.8) is 0 Å². The molecule has 2 aliphatic rings. The largest absolute Gasteiger partial charge is 0.493 e. The smallest absolute Gasteiger partial charge is 0.161 e. The van der Waals surface area contributed by atoms with E-state index in [1.807, 2.05) is 6.07 Å². The normalized spacial score (nSPS) is 17.7. The molecule has 3 heterocycles. The molecule has 1 N–H and O–H groups in total. The summed E-state index contributed by atoms with van der Waals surface area (Å²) in [4.78, 5) is 8.49. The first kappa shape index (κ1) is 23.2. The van der Waals surface area contributed by atoms with E-state index in [2.05, 4.69) is 33.1 Å². The van der Waals surface area contributed by atoms with E-state index in [9.17, 15) is 4.39 Å². The Hall–Kier alpha value is -2.57. The molecule has 2 aliphatic heterocycles. The Bertz CT molecular complexity index is 1120. The van der Waals surface area contributed by atoms with Crippen LogP contribution in [-0.2, 0) is 13.0 Å². The lowest BCUT2D eigenvalue weighted by molar-refractivity contribution is 0.198. The molecule has 34 heavy (non-hydrogen) atoms. The quantitative estimate of drug-likeness (QED) is 0.456. The summed E-state index contributed by atoms with van der Waals surface area (Å²) in [6.45, 7) is 6.68. The van der Waals surface area contributed by atoms with Crippen molar-refractivity contribution in [3.05, 3.63) is 59.0 Å². The Balaban J connectivity index is 1.06. The molecule has 0 saturated carbocycles. The van der Waals surface area contributed by atoms with Gasteiger partial charge in [0.2, 0.25) is 0 Å². The van der Waals surface area contributed by atoms with Gasteiger partial charge in [-0.05, 0) is 111 Å². The lowest BCUT2D eigenvalue weighted by Crippen LogP contribution is -2.35. The molecule has 1 fully saturated rings. The summed E-state index contributed by atoms with van der Waals surface area (Å²) in [5.41, 5.74) is 5.07. The van der Waals surface area contributed by atoms with Gasteiger partial charge >= 0.3 is 0 Å². The summed E-state index contributed by atoms with van der Waals surface area (Å²) in [5.74, 6) is 2.03. The van der Waals surface area contributed by atoms with Crippen LogP contribution in [-0.4, -0.2) is 61.7 Å². The molecule has 3 aromatic rings. The zero-order chi connectivity index (χ0) is 23.5. The average Bonchev–Trinajstić information content (AvgIpc) is 3.29. The highest BCUT2D eigenvalue weighted by Gasteiger charge is 2.23. The number of halogens is 1. The number of piperidine rings is 1. The number of hydrogen-bond donors (Lipinski definition) is 1. The van der Waals surface area contributed by atoms with Crippen LogP contribution < -0.4 is 9.47 Å². The summed E-state index contributed by atoms with van der Waals surface area (Å²) >= 11 is 0. The van der Waals surface area contributed by atoms with Crippen molar-refractivity contribution in [3.8, 4) is 11.5 Å². The number of unbranched alkanes of at least 4 members (excludes halogenated alkanes) is 1. The third-order valence-corrected chi connectivity index (χ3v) is 7.70. The van der Waals surface area contributed by atoms with Gasteiger partial charge in [-0.2, -0.15) is 0 Å². The van der Waals surface area contributed by atoms with Gasteiger partial charge < -0.3 is 19.4 Å². The van der Waals surface area contributed by atoms with Gasteiger partial charge in [0.25, 0.3) is 0 Å². The molecule has 0 radical (unpaired) electrons. The molecule has 0 bridgehead atoms. The van der Waals surface area contributed by atoms with Gasteiger partial charge in [0, 0.05) is 30.2 Å². The highest BCUT2D eigenvalue weighted by atomic mass is 19.1. The Morgan fingerprint density at radius 1 is 0.912 bits per heavy atom. The maximum absolute atomic E-state index is 13.7. The first-order chi connectivity index (χ1) is 16.6. The topological polar surface area (TPSA) is 40.7 Å². The standard InChI is InChI=1S/C28H36FN3O2/c1-33-27-15-21-9-14-32(19-22(21)16-28(27)34-2)11-4-3-10-31-12-7-20(8-13-31)25-18-30-26-6-5-23(29)17-24(25)26/h5-6,15-18,20,30H,3-4,7-14,19H2,1-2H3. The number of methoxy groups -OCH3 is 2. The number of likely N-dealkylation sites (tertiary alicyclic amines) is 1. The highest BCUT2D eigenvalue weighted by molar-refractivity contribution is 5.83. The fourth-order valence-electron chi connectivity index (χ4n) is 5.72. The fraction of sp³-hybridized carbons (Fsp3) is 0.500. The highest BCUT2D eigenvalue weighted by Crippen LogP contribution is 2.34. The number of fused-ring (bicyclic) bond motifs is 2. The van der Waals surface area contributed by atoms with E-state index in [1.54, 1.807) is 20.3 Å². The number of rotatable bonds is 8. The Labute approximate surface area is 201 Å². The van der Waals surface area contributed by atoms with Crippen LogP contribution in [0, 0.1) is 5.82 Å². The molecule has 0 amide bonds. The summed E-state index contributed by atoms with van der Waals surface area (Å²) in [6, 6.07) is 9.34. The minimum Gasteiger partial charge on any atom is -0.493 e. The second-order valence-corrected chi connectivity index (χ2v) is 9.76. The third-order valence-electron chi connectivity index (χ3n) is 7.70. The Morgan fingerprint density at radius 3 is 2.35 bits per heavy atom. The van der Waals surface area contributed by atoms with Crippen LogP contribution in [0.3, 0.4) is 0 Å². The molecule has 5 nitrogen and oxygen atoms in total. The minimum absolute atomic E-state index is 0.151. The molecule has 0 spiro atoms. The van der Waals surface area contributed by atoms with Crippen LogP contribution in [0.5, 0.6) is 11.5 Å². The van der Waals surface area contributed by atoms with Gasteiger partial charge in [0.1, 0.15) is 5.82 Å². The zero-order valence-corrected chi connectivity index (χ0v) is 20.4.